The van der Waals surface area contributed by atoms with E-state index in [2.05, 4.69) is 20.0 Å². The van der Waals surface area contributed by atoms with E-state index in [0.29, 0.717) is 5.02 Å². The first-order valence-electron chi connectivity index (χ1n) is 8.74. The van der Waals surface area contributed by atoms with Crippen molar-refractivity contribution in [3.63, 3.8) is 0 Å². The topological polar surface area (TPSA) is 45.2 Å². The lowest BCUT2D eigenvalue weighted by molar-refractivity contribution is 0.187. The van der Waals surface area contributed by atoms with Crippen LogP contribution in [0, 0.1) is 0 Å². The van der Waals surface area contributed by atoms with Gasteiger partial charge in [0.2, 0.25) is 5.95 Å². The van der Waals surface area contributed by atoms with Crippen molar-refractivity contribution in [1.29, 1.82) is 0 Å². The highest BCUT2D eigenvalue weighted by atomic mass is 35.5. The minimum Gasteiger partial charge on any atom is -0.337 e. The molecule has 0 bridgehead atoms. The van der Waals surface area contributed by atoms with Crippen molar-refractivity contribution in [2.45, 2.75) is 31.7 Å². The molecule has 0 amide bonds. The first-order chi connectivity index (χ1) is 11.8. The van der Waals surface area contributed by atoms with Crippen molar-refractivity contribution in [1.82, 2.24) is 20.1 Å². The number of hydrogen-bond donors (Lipinski definition) is 0. The van der Waals surface area contributed by atoms with Gasteiger partial charge in [0.05, 0.1) is 11.9 Å². The molecule has 1 aliphatic carbocycles. The summed E-state index contributed by atoms with van der Waals surface area (Å²) in [4.78, 5) is 9.58. The highest BCUT2D eigenvalue weighted by molar-refractivity contribution is 6.30. The Morgan fingerprint density at radius 1 is 1.04 bits per heavy atom. The monoisotopic (exact) mass is 343 g/mol. The van der Waals surface area contributed by atoms with Gasteiger partial charge in [-0.2, -0.15) is 5.10 Å². The smallest absolute Gasteiger partial charge is 0.245 e. The van der Waals surface area contributed by atoms with Gasteiger partial charge in [0.15, 0.2) is 0 Å². The molecule has 1 saturated heterocycles. The quantitative estimate of drug-likeness (QED) is 0.856. The summed E-state index contributed by atoms with van der Waals surface area (Å²) in [5, 5.41) is 9.10. The van der Waals surface area contributed by atoms with Gasteiger partial charge in [0, 0.05) is 42.8 Å². The Morgan fingerprint density at radius 3 is 2.58 bits per heavy atom. The van der Waals surface area contributed by atoms with Crippen LogP contribution in [0.1, 0.15) is 25.7 Å². The van der Waals surface area contributed by atoms with Crippen molar-refractivity contribution in [3.05, 3.63) is 35.5 Å². The molecule has 5 nitrogen and oxygen atoms in total. The fourth-order valence-electron chi connectivity index (χ4n) is 3.77. The minimum atomic E-state index is 0.706. The Balaban J connectivity index is 1.46. The molecule has 4 rings (SSSR count). The molecule has 0 radical (unpaired) electrons. The summed E-state index contributed by atoms with van der Waals surface area (Å²) >= 11 is 6.08. The van der Waals surface area contributed by atoms with E-state index >= 15 is 0 Å². The largest absolute Gasteiger partial charge is 0.337 e. The highest BCUT2D eigenvalue weighted by Crippen LogP contribution is 2.25. The van der Waals surface area contributed by atoms with Crippen molar-refractivity contribution in [2.24, 2.45) is 0 Å². The van der Waals surface area contributed by atoms with Crippen molar-refractivity contribution >= 4 is 17.5 Å². The molecule has 1 aliphatic heterocycles. The number of rotatable bonds is 3. The lowest BCUT2D eigenvalue weighted by Crippen LogP contribution is -2.50. The van der Waals surface area contributed by atoms with Crippen molar-refractivity contribution in [3.8, 4) is 11.3 Å². The maximum absolute atomic E-state index is 6.08. The molecule has 2 aromatic rings. The third kappa shape index (κ3) is 3.37. The van der Waals surface area contributed by atoms with Gasteiger partial charge in [-0.05, 0) is 25.0 Å². The van der Waals surface area contributed by atoms with Gasteiger partial charge >= 0.3 is 0 Å². The number of halogens is 1. The Labute approximate surface area is 147 Å². The van der Waals surface area contributed by atoms with Crippen LogP contribution < -0.4 is 4.90 Å². The normalized spacial score (nSPS) is 19.8. The molecular formula is C18H22ClN5. The average molecular weight is 344 g/mol. The second-order valence-corrected chi connectivity index (χ2v) is 7.05. The highest BCUT2D eigenvalue weighted by Gasteiger charge is 2.27. The van der Waals surface area contributed by atoms with Crippen LogP contribution >= 0.6 is 11.6 Å². The van der Waals surface area contributed by atoms with Gasteiger partial charge in [-0.1, -0.05) is 36.6 Å². The first-order valence-corrected chi connectivity index (χ1v) is 9.12. The van der Waals surface area contributed by atoms with E-state index in [0.717, 1.165) is 49.4 Å². The van der Waals surface area contributed by atoms with Crippen LogP contribution in [0.2, 0.25) is 5.02 Å². The summed E-state index contributed by atoms with van der Waals surface area (Å²) in [6.45, 7) is 4.12. The Bertz CT molecular complexity index is 693. The average Bonchev–Trinajstić information content (AvgIpc) is 3.17. The van der Waals surface area contributed by atoms with Crippen LogP contribution in [0.15, 0.2) is 30.5 Å². The number of benzene rings is 1. The van der Waals surface area contributed by atoms with E-state index in [9.17, 15) is 0 Å². The van der Waals surface area contributed by atoms with E-state index in [4.69, 9.17) is 16.6 Å². The molecule has 1 aromatic carbocycles. The predicted octanol–water partition coefficient (Wildman–Crippen LogP) is 3.26. The Kier molecular flexibility index (Phi) is 4.63. The Hall–Kier alpha value is -1.72. The second kappa shape index (κ2) is 7.03. The van der Waals surface area contributed by atoms with E-state index in [1.807, 2.05) is 24.3 Å². The molecule has 2 fully saturated rings. The van der Waals surface area contributed by atoms with Gasteiger partial charge < -0.3 is 4.90 Å². The lowest BCUT2D eigenvalue weighted by Gasteiger charge is -2.37. The van der Waals surface area contributed by atoms with E-state index in [1.54, 1.807) is 6.20 Å². The predicted molar refractivity (Wildman–Crippen MR) is 96.3 cm³/mol. The zero-order valence-electron chi connectivity index (χ0n) is 13.7. The maximum Gasteiger partial charge on any atom is 0.245 e. The zero-order valence-corrected chi connectivity index (χ0v) is 14.5. The summed E-state index contributed by atoms with van der Waals surface area (Å²) < 4.78 is 0. The number of hydrogen-bond acceptors (Lipinski definition) is 5. The Morgan fingerprint density at radius 2 is 1.83 bits per heavy atom. The van der Waals surface area contributed by atoms with Gasteiger partial charge in [-0.15, -0.1) is 5.10 Å². The minimum absolute atomic E-state index is 0.706. The molecule has 1 saturated carbocycles. The molecule has 2 heterocycles. The van der Waals surface area contributed by atoms with Crippen LogP contribution in [0.5, 0.6) is 0 Å². The van der Waals surface area contributed by atoms with E-state index < -0.39 is 0 Å². The lowest BCUT2D eigenvalue weighted by atomic mass is 10.1. The third-order valence-electron chi connectivity index (χ3n) is 5.11. The second-order valence-electron chi connectivity index (χ2n) is 6.61. The van der Waals surface area contributed by atoms with Gasteiger partial charge in [0.25, 0.3) is 0 Å². The van der Waals surface area contributed by atoms with Gasteiger partial charge in [-0.3, -0.25) is 4.90 Å². The third-order valence-corrected chi connectivity index (χ3v) is 5.34. The molecule has 0 spiro atoms. The fraction of sp³-hybridized carbons (Fsp3) is 0.500. The zero-order chi connectivity index (χ0) is 16.4. The maximum atomic E-state index is 6.08. The fourth-order valence-corrected chi connectivity index (χ4v) is 3.96. The van der Waals surface area contributed by atoms with E-state index in [-0.39, 0.29) is 0 Å². The summed E-state index contributed by atoms with van der Waals surface area (Å²) in [6, 6.07) is 8.50. The molecule has 0 N–H and O–H groups in total. The summed E-state index contributed by atoms with van der Waals surface area (Å²) in [7, 11) is 0. The van der Waals surface area contributed by atoms with Gasteiger partial charge in [0.1, 0.15) is 0 Å². The first kappa shape index (κ1) is 15.8. The number of anilines is 1. The summed E-state index contributed by atoms with van der Waals surface area (Å²) in [6.07, 6.45) is 7.20. The molecule has 126 valence electrons. The number of nitrogens with zero attached hydrogens (tertiary/aromatic N) is 5. The molecular weight excluding hydrogens is 322 g/mol. The molecule has 0 unspecified atom stereocenters. The molecule has 2 aliphatic rings. The number of piperazine rings is 1. The number of aromatic nitrogens is 3. The SMILES string of the molecule is Clc1cccc(-c2cnnc(N3CCN(C4CCCC4)CC3)n2)c1. The molecule has 6 heteroatoms. The molecule has 0 atom stereocenters. The van der Waals surface area contributed by atoms with Crippen LogP contribution in [-0.2, 0) is 0 Å². The van der Waals surface area contributed by atoms with Crippen LogP contribution in [0.25, 0.3) is 11.3 Å². The standard InChI is InChI=1S/C18H22ClN5/c19-15-5-3-4-14(12-15)17-13-20-22-18(21-17)24-10-8-23(9-11-24)16-6-1-2-7-16/h3-5,12-13,16H,1-2,6-11H2. The summed E-state index contributed by atoms with van der Waals surface area (Å²) in [5.74, 6) is 0.721. The van der Waals surface area contributed by atoms with Crippen LogP contribution in [0.3, 0.4) is 0 Å². The van der Waals surface area contributed by atoms with E-state index in [1.165, 1.54) is 25.7 Å². The van der Waals surface area contributed by atoms with Crippen molar-refractivity contribution in [2.75, 3.05) is 31.1 Å². The van der Waals surface area contributed by atoms with Crippen LogP contribution in [-0.4, -0.2) is 52.3 Å². The molecule has 24 heavy (non-hydrogen) atoms. The molecule has 1 aromatic heterocycles. The van der Waals surface area contributed by atoms with Crippen molar-refractivity contribution < 1.29 is 0 Å². The van der Waals surface area contributed by atoms with Gasteiger partial charge in [-0.25, -0.2) is 4.98 Å². The summed E-state index contributed by atoms with van der Waals surface area (Å²) in [5.41, 5.74) is 1.80. The van der Waals surface area contributed by atoms with Crippen LogP contribution in [0.4, 0.5) is 5.95 Å².